The molecule has 110 valence electrons. The van der Waals surface area contributed by atoms with Crippen molar-refractivity contribution in [1.82, 2.24) is 4.90 Å². The van der Waals surface area contributed by atoms with Gasteiger partial charge in [-0.2, -0.15) is 0 Å². The molecule has 1 fully saturated rings. The Labute approximate surface area is 128 Å². The smallest absolute Gasteiger partial charge is 0.224 e. The van der Waals surface area contributed by atoms with Crippen LogP contribution in [0.4, 0.5) is 0 Å². The summed E-state index contributed by atoms with van der Waals surface area (Å²) in [5.41, 5.74) is 1.03. The summed E-state index contributed by atoms with van der Waals surface area (Å²) in [5.74, 6) is 2.59. The molecule has 0 saturated carbocycles. The van der Waals surface area contributed by atoms with Crippen LogP contribution >= 0.6 is 11.8 Å². The number of hydrogen-bond acceptors (Lipinski definition) is 4. The summed E-state index contributed by atoms with van der Waals surface area (Å²) in [6, 6.07) is 11.6. The number of furan rings is 1. The number of rotatable bonds is 4. The van der Waals surface area contributed by atoms with Crippen LogP contribution in [0.15, 0.2) is 47.1 Å². The average molecular weight is 303 g/mol. The standard InChI is InChI=1S/C16H17NO3S/c1-19-14-7-3-2-6-13(14)16-17(15(18)8-10-21-16)11-12-5-4-9-20-12/h2-7,9,16H,8,10-11H2,1H3. The summed E-state index contributed by atoms with van der Waals surface area (Å²) in [5, 5.41) is -0.0347. The minimum absolute atomic E-state index is 0.0347. The number of amides is 1. The van der Waals surface area contributed by atoms with Gasteiger partial charge in [-0.15, -0.1) is 11.8 Å². The van der Waals surface area contributed by atoms with Gasteiger partial charge in [0.25, 0.3) is 0 Å². The van der Waals surface area contributed by atoms with E-state index in [-0.39, 0.29) is 11.3 Å². The summed E-state index contributed by atoms with van der Waals surface area (Å²) >= 11 is 1.76. The van der Waals surface area contributed by atoms with Crippen molar-refractivity contribution in [2.75, 3.05) is 12.9 Å². The molecule has 1 aliphatic heterocycles. The van der Waals surface area contributed by atoms with Gasteiger partial charge in [-0.3, -0.25) is 4.79 Å². The quantitative estimate of drug-likeness (QED) is 0.867. The first-order chi connectivity index (χ1) is 10.3. The van der Waals surface area contributed by atoms with Crippen molar-refractivity contribution in [3.05, 3.63) is 54.0 Å². The van der Waals surface area contributed by atoms with Crippen molar-refractivity contribution in [3.8, 4) is 5.75 Å². The Morgan fingerprint density at radius 2 is 2.19 bits per heavy atom. The largest absolute Gasteiger partial charge is 0.496 e. The normalized spacial score (nSPS) is 18.8. The molecule has 2 heterocycles. The molecule has 3 rings (SSSR count). The fourth-order valence-electron chi connectivity index (χ4n) is 2.49. The third kappa shape index (κ3) is 2.93. The lowest BCUT2D eigenvalue weighted by Crippen LogP contribution is -2.36. The zero-order valence-corrected chi connectivity index (χ0v) is 12.6. The van der Waals surface area contributed by atoms with Crippen molar-refractivity contribution in [2.24, 2.45) is 0 Å². The summed E-state index contributed by atoms with van der Waals surface area (Å²) in [4.78, 5) is 14.2. The Morgan fingerprint density at radius 3 is 2.95 bits per heavy atom. The second kappa shape index (κ2) is 6.26. The minimum Gasteiger partial charge on any atom is -0.496 e. The third-order valence-corrected chi connectivity index (χ3v) is 4.77. The molecule has 1 unspecified atom stereocenters. The van der Waals surface area contributed by atoms with Crippen LogP contribution in [0.1, 0.15) is 23.1 Å². The Morgan fingerprint density at radius 1 is 1.33 bits per heavy atom. The molecule has 1 saturated heterocycles. The van der Waals surface area contributed by atoms with E-state index in [9.17, 15) is 4.79 Å². The van der Waals surface area contributed by atoms with Crippen molar-refractivity contribution in [3.63, 3.8) is 0 Å². The number of hydrogen-bond donors (Lipinski definition) is 0. The van der Waals surface area contributed by atoms with Gasteiger partial charge in [-0.05, 0) is 18.2 Å². The number of thioether (sulfide) groups is 1. The molecule has 1 aromatic heterocycles. The van der Waals surface area contributed by atoms with E-state index in [0.717, 1.165) is 22.8 Å². The number of para-hydroxylation sites is 1. The topological polar surface area (TPSA) is 42.7 Å². The van der Waals surface area contributed by atoms with Crippen LogP contribution in [-0.2, 0) is 11.3 Å². The van der Waals surface area contributed by atoms with E-state index in [1.54, 1.807) is 25.1 Å². The van der Waals surface area contributed by atoms with E-state index < -0.39 is 0 Å². The number of benzene rings is 1. The van der Waals surface area contributed by atoms with Gasteiger partial charge in [0.05, 0.1) is 19.9 Å². The molecule has 0 bridgehead atoms. The minimum atomic E-state index is -0.0347. The molecule has 4 nitrogen and oxygen atoms in total. The van der Waals surface area contributed by atoms with E-state index in [4.69, 9.17) is 9.15 Å². The van der Waals surface area contributed by atoms with Crippen LogP contribution in [0.3, 0.4) is 0 Å². The highest BCUT2D eigenvalue weighted by atomic mass is 32.2. The zero-order chi connectivity index (χ0) is 14.7. The van der Waals surface area contributed by atoms with E-state index >= 15 is 0 Å². The lowest BCUT2D eigenvalue weighted by molar-refractivity contribution is -0.133. The SMILES string of the molecule is COc1ccccc1C1SCCC(=O)N1Cc1ccco1. The highest BCUT2D eigenvalue weighted by Gasteiger charge is 2.32. The van der Waals surface area contributed by atoms with E-state index in [1.165, 1.54) is 0 Å². The first-order valence-electron chi connectivity index (χ1n) is 6.86. The Hall–Kier alpha value is -1.88. The van der Waals surface area contributed by atoms with Gasteiger partial charge in [0, 0.05) is 17.7 Å². The molecule has 21 heavy (non-hydrogen) atoms. The lowest BCUT2D eigenvalue weighted by Gasteiger charge is -2.35. The first kappa shape index (κ1) is 14.1. The average Bonchev–Trinajstić information content (AvgIpc) is 3.02. The molecule has 0 radical (unpaired) electrons. The maximum Gasteiger partial charge on any atom is 0.224 e. The van der Waals surface area contributed by atoms with Gasteiger partial charge in [0.15, 0.2) is 0 Å². The van der Waals surface area contributed by atoms with Crippen molar-refractivity contribution in [2.45, 2.75) is 18.3 Å². The molecular weight excluding hydrogens is 286 g/mol. The van der Waals surface area contributed by atoms with Crippen LogP contribution in [0.2, 0.25) is 0 Å². The summed E-state index contributed by atoms with van der Waals surface area (Å²) in [7, 11) is 1.66. The zero-order valence-electron chi connectivity index (χ0n) is 11.8. The van der Waals surface area contributed by atoms with Gasteiger partial charge in [0.1, 0.15) is 16.9 Å². The Balaban J connectivity index is 1.91. The van der Waals surface area contributed by atoms with E-state index in [0.29, 0.717) is 13.0 Å². The highest BCUT2D eigenvalue weighted by Crippen LogP contribution is 2.41. The van der Waals surface area contributed by atoms with Crippen LogP contribution < -0.4 is 4.74 Å². The fraction of sp³-hybridized carbons (Fsp3) is 0.312. The monoisotopic (exact) mass is 303 g/mol. The van der Waals surface area contributed by atoms with E-state index in [1.807, 2.05) is 41.3 Å². The first-order valence-corrected chi connectivity index (χ1v) is 7.91. The number of nitrogens with zero attached hydrogens (tertiary/aromatic N) is 1. The molecule has 1 aliphatic rings. The predicted octanol–water partition coefficient (Wildman–Crippen LogP) is 3.45. The van der Waals surface area contributed by atoms with Crippen LogP contribution in [0.25, 0.3) is 0 Å². The molecule has 0 N–H and O–H groups in total. The van der Waals surface area contributed by atoms with Gasteiger partial charge >= 0.3 is 0 Å². The third-order valence-electron chi connectivity index (χ3n) is 3.51. The summed E-state index contributed by atoms with van der Waals surface area (Å²) in [6.07, 6.45) is 2.20. The van der Waals surface area contributed by atoms with Gasteiger partial charge in [-0.25, -0.2) is 0 Å². The Bertz CT molecular complexity index is 612. The number of methoxy groups -OCH3 is 1. The molecule has 0 aliphatic carbocycles. The van der Waals surface area contributed by atoms with Crippen molar-refractivity contribution in [1.29, 1.82) is 0 Å². The molecule has 1 aromatic carbocycles. The molecule has 2 aromatic rings. The number of ether oxygens (including phenoxy) is 1. The summed E-state index contributed by atoms with van der Waals surface area (Å²) in [6.45, 7) is 0.488. The maximum atomic E-state index is 12.3. The molecule has 1 amide bonds. The molecular formula is C16H17NO3S. The molecule has 0 spiro atoms. The van der Waals surface area contributed by atoms with Crippen LogP contribution in [0, 0.1) is 0 Å². The Kier molecular flexibility index (Phi) is 4.20. The molecule has 5 heteroatoms. The van der Waals surface area contributed by atoms with Crippen molar-refractivity contribution >= 4 is 17.7 Å². The van der Waals surface area contributed by atoms with Crippen molar-refractivity contribution < 1.29 is 13.9 Å². The fourth-order valence-corrected chi connectivity index (χ4v) is 3.75. The lowest BCUT2D eigenvalue weighted by atomic mass is 10.1. The number of carbonyl (C=O) groups is 1. The van der Waals surface area contributed by atoms with Crippen LogP contribution in [0.5, 0.6) is 5.75 Å². The maximum absolute atomic E-state index is 12.3. The van der Waals surface area contributed by atoms with E-state index in [2.05, 4.69) is 0 Å². The highest BCUT2D eigenvalue weighted by molar-refractivity contribution is 7.99. The predicted molar refractivity (Wildman–Crippen MR) is 82.1 cm³/mol. The van der Waals surface area contributed by atoms with Gasteiger partial charge < -0.3 is 14.1 Å². The van der Waals surface area contributed by atoms with Crippen LogP contribution in [-0.4, -0.2) is 23.7 Å². The second-order valence-corrected chi connectivity index (χ2v) is 6.00. The van der Waals surface area contributed by atoms with Gasteiger partial charge in [0.2, 0.25) is 5.91 Å². The van der Waals surface area contributed by atoms with Gasteiger partial charge in [-0.1, -0.05) is 18.2 Å². The second-order valence-electron chi connectivity index (χ2n) is 4.82. The molecule has 1 atom stereocenters. The number of carbonyl (C=O) groups excluding carboxylic acids is 1. The summed E-state index contributed by atoms with van der Waals surface area (Å²) < 4.78 is 10.8.